The number of thiocarbonyl (C=S) groups is 1. The van der Waals surface area contributed by atoms with Crippen LogP contribution in [0.3, 0.4) is 0 Å². The summed E-state index contributed by atoms with van der Waals surface area (Å²) in [7, 11) is 0. The summed E-state index contributed by atoms with van der Waals surface area (Å²) in [6.07, 6.45) is 0. The Balaban J connectivity index is 3.07. The molecule has 0 aromatic heterocycles. The molecule has 1 amide bonds. The van der Waals surface area contributed by atoms with E-state index in [0.29, 0.717) is 5.56 Å². The van der Waals surface area contributed by atoms with Crippen LogP contribution in [0.15, 0.2) is 18.2 Å². The number of nitro groups is 1. The highest BCUT2D eigenvalue weighted by molar-refractivity contribution is 7.80. The van der Waals surface area contributed by atoms with E-state index in [1.165, 1.54) is 12.1 Å². The maximum absolute atomic E-state index is 11.7. The van der Waals surface area contributed by atoms with Gasteiger partial charge in [-0.05, 0) is 24.7 Å². The van der Waals surface area contributed by atoms with Crippen molar-refractivity contribution in [2.75, 3.05) is 0 Å². The van der Waals surface area contributed by atoms with E-state index < -0.39 is 10.8 Å². The second-order valence-corrected chi connectivity index (χ2v) is 3.61. The number of nitrogens with two attached hydrogens (primary N) is 1. The number of rotatable bonds is 2. The van der Waals surface area contributed by atoms with E-state index in [9.17, 15) is 14.9 Å². The van der Waals surface area contributed by atoms with Crippen molar-refractivity contribution in [2.45, 2.75) is 6.92 Å². The van der Waals surface area contributed by atoms with Crippen LogP contribution in [0, 0.1) is 17.0 Å². The Bertz CT molecular complexity index is 489. The van der Waals surface area contributed by atoms with Gasteiger partial charge < -0.3 is 5.73 Å². The molecule has 0 aliphatic carbocycles. The number of carbonyl (C=O) groups excluding carboxylic acids is 1. The summed E-state index contributed by atoms with van der Waals surface area (Å²) in [6.45, 7) is 1.60. The summed E-state index contributed by atoms with van der Waals surface area (Å²) in [5, 5.41) is 10.6. The number of nitro benzene ring substituents is 1. The fraction of sp³-hybridized carbons (Fsp3) is 0.111. The number of hydrogen-bond donors (Lipinski definition) is 3. The lowest BCUT2D eigenvalue weighted by molar-refractivity contribution is -0.385. The van der Waals surface area contributed by atoms with E-state index in [-0.39, 0.29) is 16.4 Å². The summed E-state index contributed by atoms with van der Waals surface area (Å²) in [5.74, 6) is -0.664. The van der Waals surface area contributed by atoms with Gasteiger partial charge in [-0.1, -0.05) is 12.1 Å². The standard InChI is InChI=1S/C9H10N4O3S/c1-5-3-2-4-6(13(15)16)7(5)8(14)11-12-9(10)17/h2-4H,1H3,(H,11,14)(H3,10,12,17). The number of amides is 1. The molecule has 1 rings (SSSR count). The van der Waals surface area contributed by atoms with E-state index in [1.807, 2.05) is 0 Å². The van der Waals surface area contributed by atoms with Crippen LogP contribution in [0.25, 0.3) is 0 Å². The lowest BCUT2D eigenvalue weighted by Crippen LogP contribution is -2.44. The molecule has 0 saturated carbocycles. The summed E-state index contributed by atoms with van der Waals surface area (Å²) < 4.78 is 0. The summed E-state index contributed by atoms with van der Waals surface area (Å²) in [6, 6.07) is 4.36. The molecular formula is C9H10N4O3S. The Kier molecular flexibility index (Phi) is 3.94. The van der Waals surface area contributed by atoms with Crippen LogP contribution in [-0.2, 0) is 0 Å². The topological polar surface area (TPSA) is 110 Å². The van der Waals surface area contributed by atoms with Crippen LogP contribution in [-0.4, -0.2) is 15.9 Å². The van der Waals surface area contributed by atoms with E-state index in [0.717, 1.165) is 0 Å². The molecule has 0 fully saturated rings. The van der Waals surface area contributed by atoms with Crippen molar-refractivity contribution in [3.63, 3.8) is 0 Å². The zero-order valence-electron chi connectivity index (χ0n) is 8.89. The van der Waals surface area contributed by atoms with Gasteiger partial charge in [0.15, 0.2) is 5.11 Å². The van der Waals surface area contributed by atoms with Crippen LogP contribution in [0.5, 0.6) is 0 Å². The third-order valence-corrected chi connectivity index (χ3v) is 2.08. The second-order valence-electron chi connectivity index (χ2n) is 3.17. The van der Waals surface area contributed by atoms with Gasteiger partial charge in [0.25, 0.3) is 11.6 Å². The van der Waals surface area contributed by atoms with Crippen molar-refractivity contribution >= 4 is 28.9 Å². The normalized spacial score (nSPS) is 9.47. The zero-order valence-corrected chi connectivity index (χ0v) is 9.71. The van der Waals surface area contributed by atoms with Gasteiger partial charge in [0.2, 0.25) is 0 Å². The smallest absolute Gasteiger partial charge is 0.282 e. The summed E-state index contributed by atoms with van der Waals surface area (Å²) in [5.41, 5.74) is 9.72. The number of nitrogens with zero attached hydrogens (tertiary/aromatic N) is 1. The van der Waals surface area contributed by atoms with Crippen LogP contribution in [0.1, 0.15) is 15.9 Å². The Hall–Kier alpha value is -2.22. The second kappa shape index (κ2) is 5.21. The first kappa shape index (κ1) is 12.8. The lowest BCUT2D eigenvalue weighted by atomic mass is 10.1. The van der Waals surface area contributed by atoms with Crippen LogP contribution in [0.4, 0.5) is 5.69 Å². The predicted molar refractivity (Wildman–Crippen MR) is 65.2 cm³/mol. The minimum atomic E-state index is -0.664. The molecule has 0 aliphatic rings. The van der Waals surface area contributed by atoms with Gasteiger partial charge >= 0.3 is 0 Å². The lowest BCUT2D eigenvalue weighted by Gasteiger charge is -2.08. The van der Waals surface area contributed by atoms with Crippen molar-refractivity contribution in [1.82, 2.24) is 10.9 Å². The number of carbonyl (C=O) groups is 1. The quantitative estimate of drug-likeness (QED) is 0.400. The molecule has 0 radical (unpaired) electrons. The van der Waals surface area contributed by atoms with Crippen LogP contribution >= 0.6 is 12.2 Å². The maximum Gasteiger partial charge on any atom is 0.282 e. The molecule has 0 heterocycles. The van der Waals surface area contributed by atoms with Crippen molar-refractivity contribution in [1.29, 1.82) is 0 Å². The van der Waals surface area contributed by atoms with Crippen LogP contribution in [0.2, 0.25) is 0 Å². The van der Waals surface area contributed by atoms with Crippen LogP contribution < -0.4 is 16.6 Å². The number of hydrazine groups is 1. The van der Waals surface area contributed by atoms with Crippen molar-refractivity contribution in [3.8, 4) is 0 Å². The van der Waals surface area contributed by atoms with E-state index in [4.69, 9.17) is 5.73 Å². The average Bonchev–Trinajstić information content (AvgIpc) is 2.25. The molecular weight excluding hydrogens is 244 g/mol. The third kappa shape index (κ3) is 3.11. The molecule has 4 N–H and O–H groups in total. The highest BCUT2D eigenvalue weighted by Crippen LogP contribution is 2.21. The van der Waals surface area contributed by atoms with Crippen molar-refractivity contribution < 1.29 is 9.72 Å². The molecule has 0 atom stereocenters. The fourth-order valence-corrected chi connectivity index (χ4v) is 1.33. The molecule has 8 heteroatoms. The number of benzene rings is 1. The van der Waals surface area contributed by atoms with E-state index >= 15 is 0 Å². The third-order valence-electron chi connectivity index (χ3n) is 1.97. The molecule has 0 bridgehead atoms. The highest BCUT2D eigenvalue weighted by atomic mass is 32.1. The zero-order chi connectivity index (χ0) is 13.0. The molecule has 1 aromatic carbocycles. The van der Waals surface area contributed by atoms with E-state index in [1.54, 1.807) is 13.0 Å². The minimum Gasteiger partial charge on any atom is -0.375 e. The molecule has 17 heavy (non-hydrogen) atoms. The van der Waals surface area contributed by atoms with Gasteiger partial charge in [-0.15, -0.1) is 0 Å². The molecule has 0 spiro atoms. The Morgan fingerprint density at radius 3 is 2.65 bits per heavy atom. The molecule has 90 valence electrons. The number of nitrogens with one attached hydrogen (secondary N) is 2. The Labute approximate surface area is 102 Å². The average molecular weight is 254 g/mol. The first-order chi connectivity index (χ1) is 7.93. The monoisotopic (exact) mass is 254 g/mol. The first-order valence-corrected chi connectivity index (χ1v) is 4.94. The molecule has 1 aromatic rings. The van der Waals surface area contributed by atoms with Gasteiger partial charge in [-0.2, -0.15) is 0 Å². The molecule has 7 nitrogen and oxygen atoms in total. The predicted octanol–water partition coefficient (Wildman–Crippen LogP) is 0.381. The summed E-state index contributed by atoms with van der Waals surface area (Å²) in [4.78, 5) is 21.9. The van der Waals surface area contributed by atoms with Crippen molar-refractivity contribution in [2.24, 2.45) is 5.73 Å². The van der Waals surface area contributed by atoms with Crippen molar-refractivity contribution in [3.05, 3.63) is 39.4 Å². The van der Waals surface area contributed by atoms with Gasteiger partial charge in [-0.3, -0.25) is 25.8 Å². The van der Waals surface area contributed by atoms with Gasteiger partial charge in [0.05, 0.1) is 4.92 Å². The van der Waals surface area contributed by atoms with Gasteiger partial charge in [-0.25, -0.2) is 0 Å². The number of aryl methyl sites for hydroxylation is 1. The largest absolute Gasteiger partial charge is 0.375 e. The molecule has 0 saturated heterocycles. The highest BCUT2D eigenvalue weighted by Gasteiger charge is 2.21. The Morgan fingerprint density at radius 2 is 2.12 bits per heavy atom. The molecule has 0 aliphatic heterocycles. The minimum absolute atomic E-state index is 0.0266. The van der Waals surface area contributed by atoms with E-state index in [2.05, 4.69) is 23.1 Å². The maximum atomic E-state index is 11.7. The Morgan fingerprint density at radius 1 is 1.47 bits per heavy atom. The first-order valence-electron chi connectivity index (χ1n) is 4.53. The fourth-order valence-electron chi connectivity index (χ4n) is 1.28. The van der Waals surface area contributed by atoms with Gasteiger partial charge in [0.1, 0.15) is 5.56 Å². The molecule has 0 unspecified atom stereocenters. The number of hydrogen-bond acceptors (Lipinski definition) is 4. The summed E-state index contributed by atoms with van der Waals surface area (Å²) >= 11 is 4.50. The van der Waals surface area contributed by atoms with Gasteiger partial charge in [0, 0.05) is 6.07 Å². The SMILES string of the molecule is Cc1cccc([N+](=O)[O-])c1C(=O)NNC(N)=S.